The van der Waals surface area contributed by atoms with Gasteiger partial charge in [-0.05, 0) is 233 Å². The number of hydrogen-bond acceptors (Lipinski definition) is 16. The highest BCUT2D eigenvalue weighted by molar-refractivity contribution is 6.30. The van der Waals surface area contributed by atoms with Crippen LogP contribution in [0.3, 0.4) is 0 Å². The van der Waals surface area contributed by atoms with E-state index in [-0.39, 0.29) is 70.7 Å². The molecule has 6 atom stereocenters. The maximum atomic E-state index is 13.5. The number of aryl methyl sites for hydroxylation is 1. The van der Waals surface area contributed by atoms with Gasteiger partial charge in [0.05, 0.1) is 34.4 Å². The Morgan fingerprint density at radius 2 is 1.22 bits per heavy atom. The first-order valence-electron chi connectivity index (χ1n) is 41.0. The number of aromatic nitrogens is 5. The van der Waals surface area contributed by atoms with E-state index in [0.29, 0.717) is 88.6 Å². The zero-order valence-electron chi connectivity index (χ0n) is 68.6. The molecule has 5 unspecified atom stereocenters. The van der Waals surface area contributed by atoms with Gasteiger partial charge in [-0.3, -0.25) is 39.1 Å². The number of fused-ring (bicyclic) bond motifs is 3. The van der Waals surface area contributed by atoms with Gasteiger partial charge in [-0.25, -0.2) is 9.78 Å². The second kappa shape index (κ2) is 42.4. The predicted molar refractivity (Wildman–Crippen MR) is 458 cm³/mol. The summed E-state index contributed by atoms with van der Waals surface area (Å²) < 4.78 is 133. The van der Waals surface area contributed by atoms with Crippen LogP contribution in [0.5, 0.6) is 11.6 Å². The van der Waals surface area contributed by atoms with Crippen molar-refractivity contribution >= 4 is 81.2 Å². The zero-order chi connectivity index (χ0) is 88.2. The molecule has 2 bridgehead atoms. The van der Waals surface area contributed by atoms with Gasteiger partial charge >= 0.3 is 24.6 Å². The summed E-state index contributed by atoms with van der Waals surface area (Å²) in [6.45, 7) is 13.0. The number of ether oxygens (including phenoxy) is 3. The topological polar surface area (TPSA) is 257 Å². The van der Waals surface area contributed by atoms with Gasteiger partial charge < -0.3 is 51.0 Å². The maximum absolute atomic E-state index is 13.5. The number of nitrogens with zero attached hydrogens (tertiary/aromatic N) is 6. The van der Waals surface area contributed by atoms with E-state index in [2.05, 4.69) is 88.5 Å². The maximum Gasteiger partial charge on any atom is 0.433 e. The molecule has 5 aliphatic heterocycles. The van der Waals surface area contributed by atoms with Crippen molar-refractivity contribution in [3.8, 4) is 11.6 Å². The van der Waals surface area contributed by atoms with Gasteiger partial charge in [0.1, 0.15) is 28.6 Å². The van der Waals surface area contributed by atoms with Gasteiger partial charge in [0.2, 0.25) is 5.88 Å². The third-order valence-corrected chi connectivity index (χ3v) is 22.0. The number of carbonyl (C=O) groups excluding carboxylic acids is 5. The van der Waals surface area contributed by atoms with E-state index in [1.165, 1.54) is 70.0 Å². The Morgan fingerprint density at radius 3 is 1.79 bits per heavy atom. The van der Waals surface area contributed by atoms with Crippen LogP contribution in [-0.4, -0.2) is 131 Å². The average Bonchev–Trinajstić information content (AvgIpc) is 1.42. The Morgan fingerprint density at radius 1 is 0.597 bits per heavy atom. The minimum Gasteiger partial charge on any atom is -0.494 e. The molecule has 9 heterocycles. The molecule has 0 saturated carbocycles. The molecular formula is C92H96Cl2F9N13O8. The average molecular weight is 1750 g/mol. The summed E-state index contributed by atoms with van der Waals surface area (Å²) in [6.07, 6.45) is -0.607. The molecule has 5 saturated heterocycles. The van der Waals surface area contributed by atoms with Crippen LogP contribution >= 0.6 is 23.2 Å². The number of urea groups is 1. The molecule has 6 aromatic carbocycles. The molecule has 7 N–H and O–H groups in total. The number of morpholine rings is 1. The van der Waals surface area contributed by atoms with Crippen molar-refractivity contribution in [2.45, 2.75) is 147 Å². The number of nitrogens with one attached hydrogen (secondary N) is 7. The number of pyridine rings is 3. The van der Waals surface area contributed by atoms with Crippen molar-refractivity contribution in [1.82, 2.24) is 40.7 Å². The minimum absolute atomic E-state index is 0.0157. The molecule has 10 aromatic rings. The first-order valence-corrected chi connectivity index (χ1v) is 41.8. The highest BCUT2D eigenvalue weighted by Crippen LogP contribution is 2.41. The molecule has 32 heteroatoms. The molecule has 21 nitrogen and oxygen atoms in total. The van der Waals surface area contributed by atoms with E-state index < -0.39 is 48.2 Å². The third-order valence-electron chi connectivity index (χ3n) is 21.6. The number of Topliss-reactive ketones (excluding diaryl/α,β-unsaturated/α-hetero) is 2. The van der Waals surface area contributed by atoms with Crippen LogP contribution in [0.1, 0.15) is 182 Å². The first-order chi connectivity index (χ1) is 59.3. The molecule has 124 heavy (non-hydrogen) atoms. The number of ketones is 2. The van der Waals surface area contributed by atoms with Gasteiger partial charge in [-0.2, -0.15) is 39.5 Å². The van der Waals surface area contributed by atoms with Gasteiger partial charge in [0.25, 0.3) is 11.8 Å². The van der Waals surface area contributed by atoms with Crippen molar-refractivity contribution < 1.29 is 77.7 Å². The molecule has 5 fully saturated rings. The molecule has 6 aliphatic rings. The highest BCUT2D eigenvalue weighted by atomic mass is 35.5. The highest BCUT2D eigenvalue weighted by Gasteiger charge is 2.42. The standard InChI is InChI=1S/C21H24F3N3O3.C20H21F3N2O2.C18H17F3N2O.C17H17ClN2O.C16H17ClN4O/c1-12(2)27-17(9-19(26-27)29-11-21(22,23)24)18(28)7-13-3-5-14(6-4-13)20-16-8-15(30-20)10-25-16;1-2-27-16-7-5-6-15(13-16)24-19(26)14-8-9-18(25-10-3-4-11-25)17(12-14)20(21,22)23;1-11-2-3-13-9-15(5-4-12(13)8-11)23-17(24)14-6-7-22-16(10-14)18(19,20)21;18-15-5-6-16(20-11-15)17(21)9-12-1-3-13(4-2-12)14-7-8-19-10-14;17-13-3-6-15(19-10-13)21-16(22)20-14-4-1-11(2-5-14)12-7-8-18-9-12/h3-6,9,12,15-16,20,25H,7-8,10-11H2,1-2H3;5-9,12-13H,2-4,10-11H2,1H3,(H,24,26);4-7,9-11H,2-3,8H2,1H3,(H,23,24);1-6,11,14,19H,7-10H2;1-6,10,12,18H,7-9H2,(H2,19,20,21,22)/t15?,16-,20?;;;;/m0..../s1. The first kappa shape index (κ1) is 91.9. The number of rotatable bonds is 21. The lowest BCUT2D eigenvalue weighted by Gasteiger charge is -2.23. The molecule has 1 aliphatic carbocycles. The van der Waals surface area contributed by atoms with Crippen LogP contribution in [0.4, 0.5) is 72.9 Å². The lowest BCUT2D eigenvalue weighted by molar-refractivity contribution is -0.154. The summed E-state index contributed by atoms with van der Waals surface area (Å²) in [7, 11) is 0. The van der Waals surface area contributed by atoms with Gasteiger partial charge in [0, 0.05) is 122 Å². The lowest BCUT2D eigenvalue weighted by Crippen LogP contribution is -2.33. The predicted octanol–water partition coefficient (Wildman–Crippen LogP) is 19.8. The van der Waals surface area contributed by atoms with Crippen molar-refractivity contribution in [2.75, 3.05) is 85.2 Å². The van der Waals surface area contributed by atoms with Gasteiger partial charge in [-0.15, -0.1) is 5.10 Å². The molecule has 0 spiro atoms. The van der Waals surface area contributed by atoms with Crippen LogP contribution in [0, 0.1) is 5.92 Å². The molecule has 0 radical (unpaired) electrons. The van der Waals surface area contributed by atoms with E-state index in [1.807, 2.05) is 67.6 Å². The molecule has 16 rings (SSSR count). The fourth-order valence-corrected chi connectivity index (χ4v) is 15.5. The number of anilines is 5. The van der Waals surface area contributed by atoms with Gasteiger partial charge in [-0.1, -0.05) is 103 Å². The van der Waals surface area contributed by atoms with Crippen LogP contribution in [0.25, 0.3) is 0 Å². The summed E-state index contributed by atoms with van der Waals surface area (Å²) in [6, 6.07) is 50.0. The summed E-state index contributed by atoms with van der Waals surface area (Å²) in [5.74, 6) is 1.26. The molecule has 654 valence electrons. The largest absolute Gasteiger partial charge is 0.494 e. The van der Waals surface area contributed by atoms with E-state index in [1.54, 1.807) is 73.3 Å². The third kappa shape index (κ3) is 26.4. The zero-order valence-corrected chi connectivity index (χ0v) is 70.1. The Kier molecular flexibility index (Phi) is 31.4. The number of carbonyl (C=O) groups is 5. The lowest BCUT2D eigenvalue weighted by atomic mass is 9.85. The fraction of sp³-hybridized carbons (Fsp3) is 0.359. The van der Waals surface area contributed by atoms with Crippen molar-refractivity contribution in [3.05, 3.63) is 277 Å². The van der Waals surface area contributed by atoms with E-state index in [0.717, 1.165) is 118 Å². The van der Waals surface area contributed by atoms with Crippen LogP contribution in [0.15, 0.2) is 195 Å². The quantitative estimate of drug-likeness (QED) is 0.0261. The second-order valence-corrected chi connectivity index (χ2v) is 32.2. The Bertz CT molecular complexity index is 5260. The number of halogens is 11. The van der Waals surface area contributed by atoms with E-state index in [9.17, 15) is 63.5 Å². The Labute approximate surface area is 722 Å². The summed E-state index contributed by atoms with van der Waals surface area (Å²) in [5, 5.41) is 26.0. The normalized spacial score (nSPS) is 18.2. The Balaban J connectivity index is 0.000000142. The van der Waals surface area contributed by atoms with E-state index in [4.69, 9.17) is 37.4 Å². The number of benzene rings is 6. The summed E-state index contributed by atoms with van der Waals surface area (Å²) in [4.78, 5) is 74.6. The number of amides is 4. The smallest absolute Gasteiger partial charge is 0.433 e. The summed E-state index contributed by atoms with van der Waals surface area (Å²) >= 11 is 11.5. The molecule has 4 aromatic heterocycles. The van der Waals surface area contributed by atoms with Crippen molar-refractivity contribution in [3.63, 3.8) is 0 Å². The number of alkyl halides is 9. The Hall–Kier alpha value is -11.3. The molecular weight excluding hydrogens is 1660 g/mol. The van der Waals surface area contributed by atoms with Crippen molar-refractivity contribution in [1.29, 1.82) is 0 Å². The van der Waals surface area contributed by atoms with E-state index >= 15 is 0 Å². The van der Waals surface area contributed by atoms with Crippen LogP contribution in [-0.2, 0) is 42.8 Å². The van der Waals surface area contributed by atoms with Crippen molar-refractivity contribution in [2.24, 2.45) is 5.92 Å². The fourth-order valence-electron chi connectivity index (χ4n) is 15.3. The van der Waals surface area contributed by atoms with Crippen LogP contribution < -0.4 is 51.6 Å². The molecule has 4 amide bonds. The second-order valence-electron chi connectivity index (χ2n) is 31.3. The summed E-state index contributed by atoms with van der Waals surface area (Å²) in [5.41, 5.74) is 8.70. The minimum atomic E-state index is -4.57. The van der Waals surface area contributed by atoms with Crippen LogP contribution in [0.2, 0.25) is 10.0 Å². The van der Waals surface area contributed by atoms with Gasteiger partial charge in [0.15, 0.2) is 18.2 Å². The number of hydrogen-bond donors (Lipinski definition) is 7. The SMILES string of the molecule is CC(C)n1nc(OCC(F)(F)F)cc1C(=O)Cc1ccc(C2OC3CN[C@H]2C3)cc1.CC1CCc2cc(NC(=O)c3ccnc(C(F)(F)F)c3)ccc2C1.CCOc1cccc(NC(=O)c2ccc(N3CCCC3)c(C(F)(F)F)c2)c1.O=C(Cc1ccc(C2CCNC2)cc1)c1ccc(Cl)cn1.O=C(Nc1ccc(C2CCNC2)cc1)Nc1ccc(Cl)cn1. The monoisotopic (exact) mass is 1750 g/mol.